The summed E-state index contributed by atoms with van der Waals surface area (Å²) < 4.78 is 16.2. The Morgan fingerprint density at radius 3 is 1.73 bits per heavy atom. The van der Waals surface area contributed by atoms with Gasteiger partial charge in [0.1, 0.15) is 11.5 Å². The van der Waals surface area contributed by atoms with Crippen LogP contribution in [-0.2, 0) is 0 Å². The number of benzene rings is 10. The van der Waals surface area contributed by atoms with Crippen molar-refractivity contribution in [3.63, 3.8) is 0 Å². The van der Waals surface area contributed by atoms with Gasteiger partial charge in [-0.15, -0.1) is 22.7 Å². The van der Waals surface area contributed by atoms with Gasteiger partial charge in [-0.05, 0) is 153 Å². The highest BCUT2D eigenvalue weighted by atomic mass is 32.1. The molecule has 0 saturated heterocycles. The molecule has 5 nitrogen and oxygen atoms in total. The number of rotatable bonds is 10. The summed E-state index contributed by atoms with van der Waals surface area (Å²) in [6.45, 7) is 0. The summed E-state index contributed by atoms with van der Waals surface area (Å²) in [4.78, 5) is 9.20. The third-order valence-corrected chi connectivity index (χ3v) is 15.9. The van der Waals surface area contributed by atoms with E-state index in [2.05, 4.69) is 197 Å². The maximum Gasteiger partial charge on any atom is 0.119 e. The third kappa shape index (κ3) is 7.09. The van der Waals surface area contributed by atoms with Gasteiger partial charge in [0.15, 0.2) is 0 Å². The van der Waals surface area contributed by atoms with Crippen LogP contribution >= 0.6 is 22.7 Å². The van der Waals surface area contributed by atoms with Crippen LogP contribution in [0.5, 0.6) is 11.5 Å². The van der Waals surface area contributed by atoms with Crippen LogP contribution in [0.15, 0.2) is 225 Å². The number of nitrogens with zero attached hydrogens (tertiary/aromatic N) is 3. The summed E-state index contributed by atoms with van der Waals surface area (Å²) in [7, 11) is 3.41. The molecule has 0 N–H and O–H groups in total. The Morgan fingerprint density at radius 2 is 1.00 bits per heavy atom. The first-order valence-corrected chi connectivity index (χ1v) is 24.9. The Kier molecular flexibility index (Phi) is 10.3. The van der Waals surface area contributed by atoms with E-state index in [4.69, 9.17) is 9.47 Å². The number of fused-ring (bicyclic) bond motifs is 9. The maximum absolute atomic E-state index is 5.60. The first kappa shape index (κ1) is 41.7. The number of anilines is 6. The molecule has 0 aliphatic heterocycles. The Labute approximate surface area is 413 Å². The summed E-state index contributed by atoms with van der Waals surface area (Å²) in [5.41, 5.74) is 11.0. The van der Waals surface area contributed by atoms with E-state index in [9.17, 15) is 0 Å². The van der Waals surface area contributed by atoms with Crippen LogP contribution in [0.25, 0.3) is 84.1 Å². The number of pyridine rings is 1. The van der Waals surface area contributed by atoms with Gasteiger partial charge in [-0.1, -0.05) is 97.1 Å². The Bertz CT molecular complexity index is 4040. The van der Waals surface area contributed by atoms with Crippen LogP contribution < -0.4 is 19.3 Å². The summed E-state index contributed by atoms with van der Waals surface area (Å²) in [6, 6.07) is 77.0. The molecule has 0 spiro atoms. The largest absolute Gasteiger partial charge is 0.497 e. The fourth-order valence-electron chi connectivity index (χ4n) is 10.2. The predicted molar refractivity (Wildman–Crippen MR) is 298 cm³/mol. The van der Waals surface area contributed by atoms with E-state index in [0.29, 0.717) is 0 Å². The maximum atomic E-state index is 5.60. The van der Waals surface area contributed by atoms with Crippen LogP contribution in [0.1, 0.15) is 0 Å². The Hall–Kier alpha value is -8.49. The van der Waals surface area contributed by atoms with Crippen molar-refractivity contribution < 1.29 is 9.47 Å². The molecule has 0 saturated carbocycles. The molecule has 0 aliphatic rings. The summed E-state index contributed by atoms with van der Waals surface area (Å²) in [6.07, 6.45) is 3.75. The molecule has 13 aromatic rings. The minimum atomic E-state index is 0.808. The Balaban J connectivity index is 1.09. The fourth-order valence-corrected chi connectivity index (χ4v) is 12.6. The number of thiophene rings is 2. The van der Waals surface area contributed by atoms with Gasteiger partial charge in [0.05, 0.1) is 19.9 Å². The highest BCUT2D eigenvalue weighted by Crippen LogP contribution is 2.52. The summed E-state index contributed by atoms with van der Waals surface area (Å²) >= 11 is 3.70. The lowest BCUT2D eigenvalue weighted by molar-refractivity contribution is 0.415. The van der Waals surface area contributed by atoms with Crippen LogP contribution in [0.3, 0.4) is 0 Å². The number of methoxy groups -OCH3 is 2. The van der Waals surface area contributed by atoms with Crippen LogP contribution in [0.2, 0.25) is 0 Å². The van der Waals surface area contributed by atoms with Gasteiger partial charge < -0.3 is 19.3 Å². The number of ether oxygens (including phenoxy) is 2. The average molecular weight is 938 g/mol. The molecule has 334 valence electrons. The first-order valence-electron chi connectivity index (χ1n) is 23.3. The van der Waals surface area contributed by atoms with Gasteiger partial charge in [0, 0.05) is 86.7 Å². The van der Waals surface area contributed by atoms with Gasteiger partial charge in [-0.2, -0.15) is 0 Å². The van der Waals surface area contributed by atoms with Crippen molar-refractivity contribution in [2.45, 2.75) is 0 Å². The van der Waals surface area contributed by atoms with Crippen LogP contribution in [0, 0.1) is 0 Å². The van der Waals surface area contributed by atoms with Crippen molar-refractivity contribution in [2.75, 3.05) is 24.0 Å². The monoisotopic (exact) mass is 937 g/mol. The van der Waals surface area contributed by atoms with E-state index in [1.165, 1.54) is 73.0 Å². The molecular weight excluding hydrogens is 895 g/mol. The summed E-state index contributed by atoms with van der Waals surface area (Å²) in [5.74, 6) is 1.62. The highest BCUT2D eigenvalue weighted by Gasteiger charge is 2.24. The lowest BCUT2D eigenvalue weighted by Gasteiger charge is -2.28. The average Bonchev–Trinajstić information content (AvgIpc) is 4.00. The van der Waals surface area contributed by atoms with Crippen molar-refractivity contribution >= 4 is 119 Å². The second-order valence-electron chi connectivity index (χ2n) is 17.4. The van der Waals surface area contributed by atoms with Crippen LogP contribution in [-0.4, -0.2) is 19.2 Å². The van der Waals surface area contributed by atoms with Crippen molar-refractivity contribution in [2.24, 2.45) is 0 Å². The fraction of sp³-hybridized carbons (Fsp3) is 0.0317. The highest BCUT2D eigenvalue weighted by molar-refractivity contribution is 7.26. The quantitative estimate of drug-likeness (QED) is 0.128. The van der Waals surface area contributed by atoms with E-state index in [1.807, 2.05) is 65.4 Å². The Morgan fingerprint density at radius 1 is 0.386 bits per heavy atom. The molecule has 0 atom stereocenters. The number of hydrogen-bond acceptors (Lipinski definition) is 7. The molecule has 10 aromatic carbocycles. The molecule has 13 rings (SSSR count). The van der Waals surface area contributed by atoms with E-state index in [0.717, 1.165) is 56.8 Å². The smallest absolute Gasteiger partial charge is 0.119 e. The second kappa shape index (κ2) is 17.2. The number of aromatic nitrogens is 1. The van der Waals surface area contributed by atoms with Crippen molar-refractivity contribution in [1.29, 1.82) is 0 Å². The molecule has 0 amide bonds. The molecule has 0 fully saturated rings. The molecule has 0 radical (unpaired) electrons. The van der Waals surface area contributed by atoms with Crippen molar-refractivity contribution in [3.8, 4) is 33.8 Å². The van der Waals surface area contributed by atoms with Crippen molar-refractivity contribution in [3.05, 3.63) is 225 Å². The first-order chi connectivity index (χ1) is 34.6. The minimum Gasteiger partial charge on any atom is -0.497 e. The lowest BCUT2D eigenvalue weighted by Crippen LogP contribution is -2.10. The molecule has 7 heteroatoms. The third-order valence-electron chi connectivity index (χ3n) is 13.5. The van der Waals surface area contributed by atoms with E-state index in [-0.39, 0.29) is 0 Å². The normalized spacial score (nSPS) is 11.6. The molecule has 0 bridgehead atoms. The molecule has 3 heterocycles. The minimum absolute atomic E-state index is 0.808. The summed E-state index contributed by atoms with van der Waals surface area (Å²) in [5, 5.41) is 9.87. The predicted octanol–water partition coefficient (Wildman–Crippen LogP) is 18.4. The SMILES string of the molecule is COc1ccc(N(c2ccc(OC)cc2)c2ccc3c(c2)sc2c(-c4cc5ccccc5c5ccccc45)ccc(N(c4ccc(-c5cccnc5)cc4)c4ccc5sc6ccccc6c5c4)c23)cc1. The number of hydrogen-bond donors (Lipinski definition) is 0. The zero-order valence-corrected chi connectivity index (χ0v) is 40.0. The van der Waals surface area contributed by atoms with Crippen LogP contribution in [0.4, 0.5) is 34.1 Å². The molecule has 0 aliphatic carbocycles. The van der Waals surface area contributed by atoms with E-state index < -0.39 is 0 Å². The molecule has 3 aromatic heterocycles. The van der Waals surface area contributed by atoms with E-state index >= 15 is 0 Å². The standard InChI is InChI=1S/C63H43N3O2S2/c1-67-48-27-21-43(22-28-48)65(44-23-29-49(68-2)30-24-44)47-25-31-55-61(38-47)70-63-54(56-36-41-10-3-4-12-50(41)51-13-5-6-14-52(51)56)32-33-58(62(55)63)66(45-19-17-40(18-20-45)42-11-9-35-64-39-42)46-26-34-60-57(37-46)53-15-7-8-16-59(53)69-60/h3-39H,1-2H3. The van der Waals surface area contributed by atoms with Gasteiger partial charge in [-0.3, -0.25) is 4.98 Å². The zero-order chi connectivity index (χ0) is 46.7. The molecular formula is C63H43N3O2S2. The molecule has 70 heavy (non-hydrogen) atoms. The van der Waals surface area contributed by atoms with Gasteiger partial charge in [0.25, 0.3) is 0 Å². The van der Waals surface area contributed by atoms with Gasteiger partial charge in [0.2, 0.25) is 0 Å². The van der Waals surface area contributed by atoms with Gasteiger partial charge in [-0.25, -0.2) is 0 Å². The van der Waals surface area contributed by atoms with Crippen molar-refractivity contribution in [1.82, 2.24) is 4.98 Å². The topological polar surface area (TPSA) is 37.8 Å². The van der Waals surface area contributed by atoms with Gasteiger partial charge >= 0.3 is 0 Å². The second-order valence-corrected chi connectivity index (χ2v) is 19.6. The lowest BCUT2D eigenvalue weighted by atomic mass is 9.92. The zero-order valence-electron chi connectivity index (χ0n) is 38.3. The molecule has 0 unspecified atom stereocenters. The van der Waals surface area contributed by atoms with E-state index in [1.54, 1.807) is 14.2 Å².